The van der Waals surface area contributed by atoms with Gasteiger partial charge in [0.25, 0.3) is 0 Å². The third-order valence-electron chi connectivity index (χ3n) is 5.28. The van der Waals surface area contributed by atoms with Gasteiger partial charge in [0, 0.05) is 13.0 Å². The van der Waals surface area contributed by atoms with Crippen molar-refractivity contribution in [2.75, 3.05) is 6.54 Å². The molecule has 1 fully saturated rings. The van der Waals surface area contributed by atoms with Crippen LogP contribution in [0.15, 0.2) is 65.2 Å². The average molecular weight is 376 g/mol. The zero-order valence-corrected chi connectivity index (χ0v) is 15.8. The van der Waals surface area contributed by atoms with Crippen LogP contribution in [0.4, 0.5) is 0 Å². The van der Waals surface area contributed by atoms with Crippen molar-refractivity contribution in [3.05, 3.63) is 89.1 Å². The van der Waals surface area contributed by atoms with E-state index in [9.17, 15) is 4.79 Å². The number of piperidine rings is 1. The quantitative estimate of drug-likeness (QED) is 0.676. The van der Waals surface area contributed by atoms with Gasteiger partial charge in [0.1, 0.15) is 5.76 Å². The normalized spacial score (nSPS) is 17.5. The number of benzene rings is 2. The highest BCUT2D eigenvalue weighted by Crippen LogP contribution is 2.32. The Morgan fingerprint density at radius 1 is 1.07 bits per heavy atom. The fraction of sp³-hybridized carbons (Fsp3) is 0.304. The lowest BCUT2D eigenvalue weighted by molar-refractivity contribution is 0.0697. The van der Waals surface area contributed by atoms with Crippen LogP contribution in [0.3, 0.4) is 0 Å². The fourth-order valence-corrected chi connectivity index (χ4v) is 3.80. The lowest BCUT2D eigenvalue weighted by Crippen LogP contribution is -2.33. The van der Waals surface area contributed by atoms with Crippen LogP contribution < -0.4 is 0 Å². The van der Waals surface area contributed by atoms with Gasteiger partial charge in [-0.25, -0.2) is 9.78 Å². The number of nitrogens with zero attached hydrogens (tertiary/aromatic N) is 2. The molecule has 0 spiro atoms. The Morgan fingerprint density at radius 2 is 1.86 bits per heavy atom. The molecule has 0 aliphatic carbocycles. The zero-order chi connectivity index (χ0) is 19.3. The van der Waals surface area contributed by atoms with Crippen LogP contribution in [-0.2, 0) is 13.0 Å². The highest BCUT2D eigenvalue weighted by Gasteiger charge is 2.28. The molecule has 1 saturated heterocycles. The van der Waals surface area contributed by atoms with Gasteiger partial charge in [-0.1, -0.05) is 48.9 Å². The van der Waals surface area contributed by atoms with Crippen molar-refractivity contribution in [3.63, 3.8) is 0 Å². The first-order valence-corrected chi connectivity index (χ1v) is 9.74. The molecule has 3 aromatic rings. The van der Waals surface area contributed by atoms with Crippen LogP contribution in [0.2, 0.25) is 0 Å². The highest BCUT2D eigenvalue weighted by atomic mass is 16.4. The van der Waals surface area contributed by atoms with Crippen molar-refractivity contribution in [1.82, 2.24) is 9.88 Å². The Bertz CT molecular complexity index is 919. The Kier molecular flexibility index (Phi) is 5.53. The van der Waals surface area contributed by atoms with Crippen molar-refractivity contribution >= 4 is 5.97 Å². The molecule has 0 saturated carbocycles. The van der Waals surface area contributed by atoms with Crippen LogP contribution in [0, 0.1) is 0 Å². The molecule has 144 valence electrons. The number of carboxylic acids is 1. The van der Waals surface area contributed by atoms with Gasteiger partial charge in [-0.3, -0.25) is 4.90 Å². The Morgan fingerprint density at radius 3 is 2.61 bits per heavy atom. The predicted octanol–water partition coefficient (Wildman–Crippen LogP) is 4.69. The van der Waals surface area contributed by atoms with Crippen molar-refractivity contribution in [3.8, 4) is 0 Å². The molecule has 4 rings (SSSR count). The Balaban J connectivity index is 1.47. The summed E-state index contributed by atoms with van der Waals surface area (Å²) in [4.78, 5) is 18.0. The SMILES string of the molecule is O=C(O)c1ccc(CN2CCCCC2c2ncc(Cc3ccccc3)o2)cc1. The second-order valence-electron chi connectivity index (χ2n) is 7.31. The molecule has 1 aliphatic heterocycles. The Hall–Kier alpha value is -2.92. The van der Waals surface area contributed by atoms with E-state index in [1.165, 1.54) is 5.56 Å². The number of hydrogen-bond acceptors (Lipinski definition) is 4. The number of carboxylic acid groups (broad SMARTS) is 1. The number of carbonyl (C=O) groups is 1. The molecule has 1 N–H and O–H groups in total. The summed E-state index contributed by atoms with van der Waals surface area (Å²) < 4.78 is 6.12. The van der Waals surface area contributed by atoms with Crippen molar-refractivity contribution in [2.45, 2.75) is 38.3 Å². The Labute approximate surface area is 164 Å². The van der Waals surface area contributed by atoms with E-state index in [1.54, 1.807) is 12.1 Å². The minimum Gasteiger partial charge on any atom is -0.478 e. The van der Waals surface area contributed by atoms with Crippen molar-refractivity contribution in [1.29, 1.82) is 0 Å². The second-order valence-corrected chi connectivity index (χ2v) is 7.31. The summed E-state index contributed by atoms with van der Waals surface area (Å²) in [5.74, 6) is 0.776. The smallest absolute Gasteiger partial charge is 0.335 e. The summed E-state index contributed by atoms with van der Waals surface area (Å²) in [5.41, 5.74) is 2.63. The van der Waals surface area contributed by atoms with Gasteiger partial charge in [-0.15, -0.1) is 0 Å². The van der Waals surface area contributed by atoms with Crippen molar-refractivity contribution < 1.29 is 14.3 Å². The first-order chi connectivity index (χ1) is 13.7. The number of aromatic nitrogens is 1. The first kappa shape index (κ1) is 18.4. The molecule has 5 nitrogen and oxygen atoms in total. The van der Waals surface area contributed by atoms with E-state index >= 15 is 0 Å². The molecule has 2 heterocycles. The minimum atomic E-state index is -0.895. The van der Waals surface area contributed by atoms with Gasteiger partial charge < -0.3 is 9.52 Å². The molecule has 0 amide bonds. The lowest BCUT2D eigenvalue weighted by atomic mass is 10.0. The molecule has 5 heteroatoms. The molecule has 0 radical (unpaired) electrons. The van der Waals surface area contributed by atoms with Gasteiger partial charge in [-0.05, 0) is 42.6 Å². The van der Waals surface area contributed by atoms with E-state index in [1.807, 2.05) is 36.5 Å². The minimum absolute atomic E-state index is 0.164. The maximum absolute atomic E-state index is 11.0. The van der Waals surface area contributed by atoms with Crippen LogP contribution in [0.25, 0.3) is 0 Å². The standard InChI is InChI=1S/C23H24N2O3/c26-23(27)19-11-9-18(10-12-19)16-25-13-5-4-8-21(25)22-24-15-20(28-22)14-17-6-2-1-3-7-17/h1-3,6-7,9-12,15,21H,4-5,8,13-14,16H2,(H,26,27). The van der Waals surface area contributed by atoms with E-state index in [0.717, 1.165) is 56.0 Å². The summed E-state index contributed by atoms with van der Waals surface area (Å²) >= 11 is 0. The van der Waals surface area contributed by atoms with Crippen molar-refractivity contribution in [2.24, 2.45) is 0 Å². The molecule has 1 atom stereocenters. The molecule has 0 bridgehead atoms. The summed E-state index contributed by atoms with van der Waals surface area (Å²) in [7, 11) is 0. The number of likely N-dealkylation sites (tertiary alicyclic amines) is 1. The number of oxazole rings is 1. The van der Waals surface area contributed by atoms with Crippen LogP contribution in [-0.4, -0.2) is 27.5 Å². The van der Waals surface area contributed by atoms with Crippen LogP contribution in [0.5, 0.6) is 0 Å². The second kappa shape index (κ2) is 8.40. The van der Waals surface area contributed by atoms with Gasteiger partial charge in [0.15, 0.2) is 0 Å². The third kappa shape index (κ3) is 4.31. The van der Waals surface area contributed by atoms with E-state index in [2.05, 4.69) is 22.0 Å². The number of rotatable bonds is 6. The zero-order valence-electron chi connectivity index (χ0n) is 15.8. The van der Waals surface area contributed by atoms with E-state index < -0.39 is 5.97 Å². The van der Waals surface area contributed by atoms with Crippen LogP contribution in [0.1, 0.15) is 58.4 Å². The van der Waals surface area contributed by atoms with Gasteiger partial charge >= 0.3 is 5.97 Å². The lowest BCUT2D eigenvalue weighted by Gasteiger charge is -2.33. The summed E-state index contributed by atoms with van der Waals surface area (Å²) in [6.07, 6.45) is 5.93. The molecule has 1 aromatic heterocycles. The van der Waals surface area contributed by atoms with Gasteiger partial charge in [0.05, 0.1) is 17.8 Å². The molecular formula is C23H24N2O3. The average Bonchev–Trinajstić information content (AvgIpc) is 3.18. The summed E-state index contributed by atoms with van der Waals surface area (Å²) in [6.45, 7) is 1.75. The largest absolute Gasteiger partial charge is 0.478 e. The van der Waals surface area contributed by atoms with E-state index in [4.69, 9.17) is 9.52 Å². The monoisotopic (exact) mass is 376 g/mol. The first-order valence-electron chi connectivity index (χ1n) is 9.74. The summed E-state index contributed by atoms with van der Waals surface area (Å²) in [5, 5.41) is 9.06. The third-order valence-corrected chi connectivity index (χ3v) is 5.28. The van der Waals surface area contributed by atoms with E-state index in [-0.39, 0.29) is 6.04 Å². The molecule has 1 aliphatic rings. The maximum atomic E-state index is 11.0. The summed E-state index contributed by atoms with van der Waals surface area (Å²) in [6, 6.07) is 17.5. The number of hydrogen-bond donors (Lipinski definition) is 1. The molecule has 1 unspecified atom stereocenters. The van der Waals surface area contributed by atoms with Gasteiger partial charge in [0.2, 0.25) is 5.89 Å². The highest BCUT2D eigenvalue weighted by molar-refractivity contribution is 5.87. The molecule has 28 heavy (non-hydrogen) atoms. The topological polar surface area (TPSA) is 66.6 Å². The number of aromatic carboxylic acids is 1. The van der Waals surface area contributed by atoms with E-state index in [0.29, 0.717) is 5.56 Å². The van der Waals surface area contributed by atoms with Crippen LogP contribution >= 0.6 is 0 Å². The predicted molar refractivity (Wildman–Crippen MR) is 106 cm³/mol. The molecule has 2 aromatic carbocycles. The van der Waals surface area contributed by atoms with Gasteiger partial charge in [-0.2, -0.15) is 0 Å². The molecular weight excluding hydrogens is 352 g/mol. The fourth-order valence-electron chi connectivity index (χ4n) is 3.80. The maximum Gasteiger partial charge on any atom is 0.335 e.